The number of H-pyrrole nitrogens is 1. The van der Waals surface area contributed by atoms with Gasteiger partial charge in [-0.15, -0.1) is 23.1 Å². The molecule has 20 heteroatoms. The van der Waals surface area contributed by atoms with Crippen molar-refractivity contribution in [3.63, 3.8) is 0 Å². The van der Waals surface area contributed by atoms with Crippen molar-refractivity contribution >= 4 is 69.3 Å². The molecule has 3 aliphatic rings. The van der Waals surface area contributed by atoms with Gasteiger partial charge in [0.25, 0.3) is 17.7 Å². The number of nitrogens with one attached hydrogen (secondary N) is 2. The first-order valence-corrected chi connectivity index (χ1v) is 17.3. The zero-order valence-electron chi connectivity index (χ0n) is 27.0. The Morgan fingerprint density at radius 2 is 2.02 bits per heavy atom. The molecule has 7 N–H and O–H groups in total. The average Bonchev–Trinajstić information content (AvgIpc) is 3.53. The fourth-order valence-corrected chi connectivity index (χ4v) is 7.61. The summed E-state index contributed by atoms with van der Waals surface area (Å²) in [6.07, 6.45) is 3.94. The van der Waals surface area contributed by atoms with E-state index in [4.69, 9.17) is 10.6 Å². The number of carboxylic acids is 2. The minimum absolute atomic E-state index is 0.00433. The van der Waals surface area contributed by atoms with Gasteiger partial charge in [-0.2, -0.15) is 4.57 Å². The van der Waals surface area contributed by atoms with E-state index in [0.29, 0.717) is 30.6 Å². The molecule has 3 aromatic rings. The molecular formula is C31H31N8O10S2+. The SMILES string of the molecule is CC(C)(O/N=C(\C(=O)N[C@@H]1C(=O)N2C(C(=O)O)=C(C[n+]3cccc4c3CCCN4C(=O)c3cc(=O)c(O)c[nH]3)CS[C@H]12)c1csc(N)n1)C(=O)O. The second-order valence-corrected chi connectivity index (χ2v) is 14.2. The first-order chi connectivity index (χ1) is 24.2. The van der Waals surface area contributed by atoms with Crippen molar-refractivity contribution in [3.8, 4) is 5.75 Å². The quantitative estimate of drug-likeness (QED) is 0.0695. The number of aromatic hydroxyl groups is 1. The summed E-state index contributed by atoms with van der Waals surface area (Å²) in [4.78, 5) is 90.8. The van der Waals surface area contributed by atoms with Crippen LogP contribution in [0, 0.1) is 0 Å². The molecule has 0 aromatic carbocycles. The van der Waals surface area contributed by atoms with Crippen LogP contribution in [0.4, 0.5) is 10.8 Å². The van der Waals surface area contributed by atoms with E-state index >= 15 is 0 Å². The van der Waals surface area contributed by atoms with Gasteiger partial charge in [-0.3, -0.25) is 24.1 Å². The number of carbonyl (C=O) groups excluding carboxylic acids is 3. The summed E-state index contributed by atoms with van der Waals surface area (Å²) in [7, 11) is 0. The minimum atomic E-state index is -1.80. The maximum atomic E-state index is 13.5. The summed E-state index contributed by atoms with van der Waals surface area (Å²) in [5.41, 5.74) is 4.29. The van der Waals surface area contributed by atoms with Crippen molar-refractivity contribution in [2.24, 2.45) is 5.16 Å². The third-order valence-electron chi connectivity index (χ3n) is 8.37. The number of aromatic nitrogens is 3. The van der Waals surface area contributed by atoms with Gasteiger partial charge in [0.2, 0.25) is 16.7 Å². The highest BCUT2D eigenvalue weighted by Gasteiger charge is 2.55. The van der Waals surface area contributed by atoms with Gasteiger partial charge in [0.1, 0.15) is 34.2 Å². The van der Waals surface area contributed by atoms with Crippen LogP contribution in [0.2, 0.25) is 0 Å². The largest absolute Gasteiger partial charge is 0.503 e. The van der Waals surface area contributed by atoms with Gasteiger partial charge in [0, 0.05) is 48.0 Å². The zero-order chi connectivity index (χ0) is 36.8. The number of aliphatic carboxylic acids is 2. The molecule has 0 aliphatic carbocycles. The molecule has 51 heavy (non-hydrogen) atoms. The molecule has 6 heterocycles. The maximum absolute atomic E-state index is 13.5. The van der Waals surface area contributed by atoms with Crippen molar-refractivity contribution in [3.05, 3.63) is 74.5 Å². The van der Waals surface area contributed by atoms with E-state index < -0.39 is 63.6 Å². The fourth-order valence-electron chi connectivity index (χ4n) is 5.73. The average molecular weight is 740 g/mol. The number of nitrogen functional groups attached to an aromatic ring is 1. The number of fused-ring (bicyclic) bond motifs is 2. The number of rotatable bonds is 10. The molecule has 1 fully saturated rings. The fraction of sp³-hybridized carbons (Fsp3) is 0.323. The van der Waals surface area contributed by atoms with E-state index in [1.54, 1.807) is 18.3 Å². The number of aromatic amines is 1. The van der Waals surface area contributed by atoms with Gasteiger partial charge in [0.15, 0.2) is 29.3 Å². The summed E-state index contributed by atoms with van der Waals surface area (Å²) in [6, 6.07) is 3.34. The van der Waals surface area contributed by atoms with Crippen molar-refractivity contribution in [2.75, 3.05) is 22.9 Å². The van der Waals surface area contributed by atoms with Crippen LogP contribution in [-0.4, -0.2) is 94.9 Å². The van der Waals surface area contributed by atoms with Gasteiger partial charge >= 0.3 is 11.9 Å². The highest BCUT2D eigenvalue weighted by Crippen LogP contribution is 2.40. The molecule has 266 valence electrons. The number of carbonyl (C=O) groups is 5. The molecule has 1 saturated heterocycles. The molecule has 3 amide bonds. The van der Waals surface area contributed by atoms with E-state index in [0.717, 1.165) is 34.2 Å². The lowest BCUT2D eigenvalue weighted by Gasteiger charge is -2.49. The summed E-state index contributed by atoms with van der Waals surface area (Å²) in [5, 5.41) is 36.3. The van der Waals surface area contributed by atoms with Gasteiger partial charge in [-0.1, -0.05) is 5.16 Å². The topological polar surface area (TPSA) is 262 Å². The molecule has 3 aromatic heterocycles. The molecule has 6 rings (SSSR count). The van der Waals surface area contributed by atoms with Crippen molar-refractivity contribution < 1.29 is 48.7 Å². The molecule has 0 spiro atoms. The molecule has 0 unspecified atom stereocenters. The predicted molar refractivity (Wildman–Crippen MR) is 181 cm³/mol. The monoisotopic (exact) mass is 739 g/mol. The van der Waals surface area contributed by atoms with Crippen LogP contribution in [0.1, 0.15) is 42.1 Å². The van der Waals surface area contributed by atoms with Gasteiger partial charge in [-0.25, -0.2) is 14.6 Å². The number of anilines is 2. The van der Waals surface area contributed by atoms with Gasteiger partial charge < -0.3 is 41.1 Å². The number of pyridine rings is 2. The summed E-state index contributed by atoms with van der Waals surface area (Å²) in [5.74, 6) is -5.07. The Labute approximate surface area is 296 Å². The molecule has 2 atom stereocenters. The maximum Gasteiger partial charge on any atom is 0.352 e. The summed E-state index contributed by atoms with van der Waals surface area (Å²) < 4.78 is 1.82. The third-order valence-corrected chi connectivity index (χ3v) is 10.4. The molecular weight excluding hydrogens is 709 g/mol. The second-order valence-electron chi connectivity index (χ2n) is 12.2. The van der Waals surface area contributed by atoms with E-state index in [-0.39, 0.29) is 34.5 Å². The van der Waals surface area contributed by atoms with Crippen molar-refractivity contribution in [2.45, 2.75) is 50.3 Å². The Morgan fingerprint density at radius 1 is 1.25 bits per heavy atom. The molecule has 0 bridgehead atoms. The van der Waals surface area contributed by atoms with E-state index in [2.05, 4.69) is 20.4 Å². The number of amides is 3. The number of hydrogen-bond acceptors (Lipinski definition) is 13. The zero-order valence-corrected chi connectivity index (χ0v) is 28.6. The number of hydrogen-bond donors (Lipinski definition) is 6. The Hall–Kier alpha value is -5.76. The van der Waals surface area contributed by atoms with Gasteiger partial charge in [-0.05, 0) is 26.3 Å². The van der Waals surface area contributed by atoms with Crippen molar-refractivity contribution in [1.82, 2.24) is 20.2 Å². The molecule has 0 radical (unpaired) electrons. The Morgan fingerprint density at radius 3 is 2.69 bits per heavy atom. The van der Waals surface area contributed by atoms with Crippen LogP contribution in [-0.2, 0) is 37.0 Å². The van der Waals surface area contributed by atoms with Crippen LogP contribution in [0.15, 0.2) is 57.2 Å². The number of carboxylic acid groups (broad SMARTS) is 2. The summed E-state index contributed by atoms with van der Waals surface area (Å²) >= 11 is 2.25. The number of β-lactam (4-membered cyclic amide) rings is 1. The lowest BCUT2D eigenvalue weighted by atomic mass is 10.0. The van der Waals surface area contributed by atoms with Crippen LogP contribution < -0.4 is 25.9 Å². The Bertz CT molecular complexity index is 2110. The lowest BCUT2D eigenvalue weighted by molar-refractivity contribution is -0.695. The standard InChI is InChI=1S/C31H30N8O10S2/c1-31(2,29(47)48)49-36-21(16-13-51-30(32)34-16)24(42)35-22-26(44)39-23(28(45)46)14(12-50-27(22)39)11-37-7-3-6-18-17(37)5-4-8-38(18)25(43)15-9-19(40)20(41)10-33-15/h3,6-7,9-10,13,22,27H,4-5,8,11-12H2,1-2H3,(H6-,32,33,34,35,36,40,41,42,43,45,46,47,48)/p+1/t22-,27-/m1/s1. The first kappa shape index (κ1) is 35.1. The predicted octanol–water partition coefficient (Wildman–Crippen LogP) is 0.0224. The van der Waals surface area contributed by atoms with E-state index in [9.17, 15) is 44.1 Å². The van der Waals surface area contributed by atoms with Crippen LogP contribution >= 0.6 is 23.1 Å². The number of nitrogens with zero attached hydrogens (tertiary/aromatic N) is 5. The Kier molecular flexibility index (Phi) is 9.29. The summed E-state index contributed by atoms with van der Waals surface area (Å²) in [6.45, 7) is 2.91. The van der Waals surface area contributed by atoms with Crippen molar-refractivity contribution in [1.29, 1.82) is 0 Å². The first-order valence-electron chi connectivity index (χ1n) is 15.3. The number of oxime groups is 1. The van der Waals surface area contributed by atoms with Crippen LogP contribution in [0.3, 0.4) is 0 Å². The third kappa shape index (κ3) is 6.61. The molecule has 3 aliphatic heterocycles. The second kappa shape index (κ2) is 13.5. The lowest BCUT2D eigenvalue weighted by Crippen LogP contribution is -2.71. The number of thiazole rings is 1. The van der Waals surface area contributed by atoms with Gasteiger partial charge in [0.05, 0.1) is 0 Å². The molecule has 18 nitrogen and oxygen atoms in total. The number of thioether (sulfide) groups is 1. The van der Waals surface area contributed by atoms with E-state index in [1.165, 1.54) is 35.9 Å². The normalized spacial score (nSPS) is 18.8. The van der Waals surface area contributed by atoms with Crippen LogP contribution in [0.5, 0.6) is 5.75 Å². The highest BCUT2D eigenvalue weighted by atomic mass is 32.2. The number of nitrogens with two attached hydrogens (primary N) is 1. The minimum Gasteiger partial charge on any atom is -0.503 e. The van der Waals surface area contributed by atoms with Crippen LogP contribution in [0.25, 0.3) is 0 Å². The Balaban J connectivity index is 1.23. The molecule has 0 saturated carbocycles. The highest BCUT2D eigenvalue weighted by molar-refractivity contribution is 8.00. The van der Waals surface area contributed by atoms with E-state index in [1.807, 2.05) is 4.57 Å². The smallest absolute Gasteiger partial charge is 0.352 e.